The van der Waals surface area contributed by atoms with Crippen molar-refractivity contribution in [2.24, 2.45) is 0 Å². The normalized spacial score (nSPS) is 20.6. The van der Waals surface area contributed by atoms with Crippen LogP contribution in [-0.2, 0) is 21.7 Å². The Morgan fingerprint density at radius 2 is 1.71 bits per heavy atom. The SMILES string of the molecule is CN1CCN(S(=O)(=O)Cc2ccc(CCl)cc2)CC1(C)C. The fourth-order valence-corrected chi connectivity index (χ4v) is 4.31. The van der Waals surface area contributed by atoms with Crippen LogP contribution in [0.25, 0.3) is 0 Å². The predicted octanol–water partition coefficient (Wildman–Crippen LogP) is 2.28. The zero-order valence-corrected chi connectivity index (χ0v) is 14.4. The van der Waals surface area contributed by atoms with E-state index in [1.54, 1.807) is 4.31 Å². The number of piperazine rings is 1. The number of hydrogen-bond donors (Lipinski definition) is 0. The first-order valence-corrected chi connectivity index (χ1v) is 9.22. The van der Waals surface area contributed by atoms with Crippen molar-refractivity contribution in [1.82, 2.24) is 9.21 Å². The Morgan fingerprint density at radius 1 is 1.14 bits per heavy atom. The molecule has 1 fully saturated rings. The third kappa shape index (κ3) is 3.97. The van der Waals surface area contributed by atoms with Gasteiger partial charge in [-0.15, -0.1) is 11.6 Å². The van der Waals surface area contributed by atoms with Crippen molar-refractivity contribution in [3.8, 4) is 0 Å². The van der Waals surface area contributed by atoms with Gasteiger partial charge in [0.15, 0.2) is 0 Å². The Kier molecular flexibility index (Phi) is 4.98. The molecule has 0 N–H and O–H groups in total. The molecule has 1 aromatic rings. The molecule has 1 saturated heterocycles. The van der Waals surface area contributed by atoms with Gasteiger partial charge in [0.25, 0.3) is 0 Å². The van der Waals surface area contributed by atoms with E-state index in [4.69, 9.17) is 11.6 Å². The number of benzene rings is 1. The zero-order chi connectivity index (χ0) is 15.7. The molecule has 0 spiro atoms. The van der Waals surface area contributed by atoms with E-state index in [-0.39, 0.29) is 11.3 Å². The van der Waals surface area contributed by atoms with Crippen LogP contribution in [-0.4, -0.2) is 49.8 Å². The Morgan fingerprint density at radius 3 is 2.24 bits per heavy atom. The molecule has 0 unspecified atom stereocenters. The van der Waals surface area contributed by atoms with E-state index in [0.717, 1.165) is 17.7 Å². The van der Waals surface area contributed by atoms with Crippen molar-refractivity contribution in [2.75, 3.05) is 26.7 Å². The summed E-state index contributed by atoms with van der Waals surface area (Å²) in [6.45, 7) is 6.00. The van der Waals surface area contributed by atoms with Crippen molar-refractivity contribution in [2.45, 2.75) is 31.0 Å². The maximum absolute atomic E-state index is 12.6. The number of alkyl halides is 1. The molecule has 0 bridgehead atoms. The van der Waals surface area contributed by atoms with E-state index >= 15 is 0 Å². The first kappa shape index (κ1) is 16.7. The van der Waals surface area contributed by atoms with Gasteiger partial charge in [-0.3, -0.25) is 4.90 Å². The molecule has 0 amide bonds. The molecule has 21 heavy (non-hydrogen) atoms. The van der Waals surface area contributed by atoms with Crippen molar-refractivity contribution in [3.63, 3.8) is 0 Å². The summed E-state index contributed by atoms with van der Waals surface area (Å²) in [4.78, 5) is 2.20. The summed E-state index contributed by atoms with van der Waals surface area (Å²) >= 11 is 5.75. The van der Waals surface area contributed by atoms with E-state index in [0.29, 0.717) is 19.0 Å². The second-order valence-electron chi connectivity index (χ2n) is 6.27. The van der Waals surface area contributed by atoms with Crippen molar-refractivity contribution in [3.05, 3.63) is 35.4 Å². The first-order valence-electron chi connectivity index (χ1n) is 7.07. The van der Waals surface area contributed by atoms with Gasteiger partial charge in [0, 0.05) is 31.1 Å². The Hall–Kier alpha value is -0.620. The third-order valence-electron chi connectivity index (χ3n) is 4.20. The minimum Gasteiger partial charge on any atom is -0.299 e. The molecule has 0 saturated carbocycles. The second-order valence-corrected chi connectivity index (χ2v) is 8.51. The van der Waals surface area contributed by atoms with Crippen LogP contribution in [0, 0.1) is 0 Å². The second kappa shape index (κ2) is 6.24. The highest BCUT2D eigenvalue weighted by Gasteiger charge is 2.36. The molecule has 1 aliphatic rings. The van der Waals surface area contributed by atoms with Gasteiger partial charge in [0.2, 0.25) is 10.0 Å². The quantitative estimate of drug-likeness (QED) is 0.795. The Labute approximate surface area is 132 Å². The van der Waals surface area contributed by atoms with Gasteiger partial charge in [-0.1, -0.05) is 24.3 Å². The van der Waals surface area contributed by atoms with Gasteiger partial charge in [0.05, 0.1) is 5.75 Å². The lowest BCUT2D eigenvalue weighted by molar-refractivity contribution is 0.0801. The van der Waals surface area contributed by atoms with Crippen LogP contribution < -0.4 is 0 Å². The number of halogens is 1. The molecule has 2 rings (SSSR count). The average molecular weight is 331 g/mol. The summed E-state index contributed by atoms with van der Waals surface area (Å²) in [6.07, 6.45) is 0. The number of sulfonamides is 1. The fourth-order valence-electron chi connectivity index (χ4n) is 2.46. The molecule has 1 heterocycles. The molecule has 6 heteroatoms. The number of hydrogen-bond acceptors (Lipinski definition) is 3. The van der Waals surface area contributed by atoms with Crippen LogP contribution >= 0.6 is 11.6 Å². The van der Waals surface area contributed by atoms with Crippen LogP contribution in [0.3, 0.4) is 0 Å². The molecule has 1 aromatic carbocycles. The summed E-state index contributed by atoms with van der Waals surface area (Å²) in [5.74, 6) is 0.495. The largest absolute Gasteiger partial charge is 0.299 e. The molecule has 4 nitrogen and oxygen atoms in total. The van der Waals surface area contributed by atoms with Gasteiger partial charge in [-0.05, 0) is 32.0 Å². The number of rotatable bonds is 4. The Balaban J connectivity index is 2.11. The topological polar surface area (TPSA) is 40.6 Å². The maximum Gasteiger partial charge on any atom is 0.218 e. The van der Waals surface area contributed by atoms with Crippen LogP contribution in [0.4, 0.5) is 0 Å². The van der Waals surface area contributed by atoms with Crippen LogP contribution in [0.5, 0.6) is 0 Å². The molecule has 0 aliphatic carbocycles. The van der Waals surface area contributed by atoms with E-state index in [1.807, 2.05) is 31.3 Å². The van der Waals surface area contributed by atoms with E-state index < -0.39 is 10.0 Å². The van der Waals surface area contributed by atoms with Crippen molar-refractivity contribution >= 4 is 21.6 Å². The molecule has 0 radical (unpaired) electrons. The molecular weight excluding hydrogens is 308 g/mol. The van der Waals surface area contributed by atoms with Crippen molar-refractivity contribution < 1.29 is 8.42 Å². The third-order valence-corrected chi connectivity index (χ3v) is 6.31. The van der Waals surface area contributed by atoms with E-state index in [1.165, 1.54) is 0 Å². The monoisotopic (exact) mass is 330 g/mol. The van der Waals surface area contributed by atoms with Gasteiger partial charge < -0.3 is 0 Å². The van der Waals surface area contributed by atoms with Crippen LogP contribution in [0.2, 0.25) is 0 Å². The highest BCUT2D eigenvalue weighted by molar-refractivity contribution is 7.88. The van der Waals surface area contributed by atoms with Crippen molar-refractivity contribution in [1.29, 1.82) is 0 Å². The average Bonchev–Trinajstić information content (AvgIpc) is 2.42. The zero-order valence-electron chi connectivity index (χ0n) is 12.8. The first-order chi connectivity index (χ1) is 9.74. The summed E-state index contributed by atoms with van der Waals surface area (Å²) in [7, 11) is -1.24. The highest BCUT2D eigenvalue weighted by atomic mass is 35.5. The predicted molar refractivity (Wildman–Crippen MR) is 86.9 cm³/mol. The maximum atomic E-state index is 12.6. The number of likely N-dealkylation sites (N-methyl/N-ethyl adjacent to an activating group) is 1. The summed E-state index contributed by atoms with van der Waals surface area (Å²) in [5.41, 5.74) is 1.67. The lowest BCUT2D eigenvalue weighted by Crippen LogP contribution is -2.58. The van der Waals surface area contributed by atoms with Gasteiger partial charge in [-0.2, -0.15) is 4.31 Å². The summed E-state index contributed by atoms with van der Waals surface area (Å²) in [5, 5.41) is 0. The van der Waals surface area contributed by atoms with Gasteiger partial charge in [0.1, 0.15) is 0 Å². The minimum atomic E-state index is -3.28. The summed E-state index contributed by atoms with van der Waals surface area (Å²) < 4.78 is 26.8. The molecule has 1 aliphatic heterocycles. The van der Waals surface area contributed by atoms with Gasteiger partial charge in [-0.25, -0.2) is 8.42 Å². The van der Waals surface area contributed by atoms with Crippen LogP contribution in [0.15, 0.2) is 24.3 Å². The Bertz CT molecular complexity index is 584. The molecular formula is C15H23ClN2O2S. The smallest absolute Gasteiger partial charge is 0.218 e. The lowest BCUT2D eigenvalue weighted by Gasteiger charge is -2.44. The molecule has 0 aromatic heterocycles. The standard InChI is InChI=1S/C15H23ClN2O2S/c1-15(2)12-18(9-8-17(15)3)21(19,20)11-14-6-4-13(10-16)5-7-14/h4-7H,8-12H2,1-3H3. The van der Waals surface area contributed by atoms with E-state index in [9.17, 15) is 8.42 Å². The van der Waals surface area contributed by atoms with E-state index in [2.05, 4.69) is 18.7 Å². The number of nitrogens with zero attached hydrogens (tertiary/aromatic N) is 2. The fraction of sp³-hybridized carbons (Fsp3) is 0.600. The van der Waals surface area contributed by atoms with Gasteiger partial charge >= 0.3 is 0 Å². The molecule has 118 valence electrons. The van der Waals surface area contributed by atoms with Crippen LogP contribution in [0.1, 0.15) is 25.0 Å². The molecule has 0 atom stereocenters. The summed E-state index contributed by atoms with van der Waals surface area (Å²) in [6, 6.07) is 7.45. The highest BCUT2D eigenvalue weighted by Crippen LogP contribution is 2.23. The minimum absolute atomic E-state index is 0.0510. The lowest BCUT2D eigenvalue weighted by atomic mass is 10.0.